The van der Waals surface area contributed by atoms with Gasteiger partial charge in [-0.15, -0.1) is 11.3 Å². The van der Waals surface area contributed by atoms with E-state index in [4.69, 9.17) is 22.4 Å². The summed E-state index contributed by atoms with van der Waals surface area (Å²) >= 11 is 7.61. The highest BCUT2D eigenvalue weighted by Gasteiger charge is 2.40. The van der Waals surface area contributed by atoms with Gasteiger partial charge >= 0.3 is 5.97 Å². The van der Waals surface area contributed by atoms with E-state index in [-0.39, 0.29) is 11.5 Å². The number of amides is 1. The zero-order valence-corrected chi connectivity index (χ0v) is 13.4. The van der Waals surface area contributed by atoms with Gasteiger partial charge in [0, 0.05) is 11.1 Å². The lowest BCUT2D eigenvalue weighted by Gasteiger charge is -2.29. The van der Waals surface area contributed by atoms with E-state index < -0.39 is 17.3 Å². The lowest BCUT2D eigenvalue weighted by molar-refractivity contribution is -0.124. The summed E-state index contributed by atoms with van der Waals surface area (Å²) in [5.74, 6) is -1.58. The van der Waals surface area contributed by atoms with Gasteiger partial charge in [-0.2, -0.15) is 0 Å². The van der Waals surface area contributed by atoms with E-state index in [1.165, 1.54) is 23.6 Å². The van der Waals surface area contributed by atoms with E-state index in [2.05, 4.69) is 4.98 Å². The first-order chi connectivity index (χ1) is 9.69. The van der Waals surface area contributed by atoms with Crippen molar-refractivity contribution in [3.05, 3.63) is 27.7 Å². The molecule has 1 atom stereocenters. The predicted molar refractivity (Wildman–Crippen MR) is 83.0 cm³/mol. The number of hydrogen-bond acceptors (Lipinski definition) is 4. The molecular weight excluding hydrogens is 312 g/mol. The molecule has 2 heterocycles. The number of aromatic nitrogens is 1. The molecule has 5 nitrogen and oxygen atoms in total. The monoisotopic (exact) mass is 326 g/mol. The fourth-order valence-electron chi connectivity index (χ4n) is 2.06. The molecule has 1 amide bonds. The number of nitrogens with zero attached hydrogens (tertiary/aromatic N) is 1. The number of rotatable bonds is 4. The molecule has 0 fully saturated rings. The molecule has 21 heavy (non-hydrogen) atoms. The first kappa shape index (κ1) is 15.7. The van der Waals surface area contributed by atoms with Crippen LogP contribution in [0.5, 0.6) is 0 Å². The number of thiophene rings is 1. The van der Waals surface area contributed by atoms with Crippen LogP contribution in [0.3, 0.4) is 0 Å². The van der Waals surface area contributed by atoms with Gasteiger partial charge in [0.05, 0.1) is 26.2 Å². The number of aromatic carboxylic acids is 1. The molecule has 0 aliphatic carbocycles. The Morgan fingerprint density at radius 1 is 1.48 bits per heavy atom. The largest absolute Gasteiger partial charge is 0.478 e. The minimum absolute atomic E-state index is 0.0560. The molecule has 0 aliphatic heterocycles. The smallest absolute Gasteiger partial charge is 0.337 e. The molecule has 1 unspecified atom stereocenters. The average Bonchev–Trinajstić information content (AvgIpc) is 2.74. The van der Waals surface area contributed by atoms with Crippen molar-refractivity contribution in [1.82, 2.24) is 4.98 Å². The van der Waals surface area contributed by atoms with E-state index in [9.17, 15) is 9.59 Å². The third kappa shape index (κ3) is 2.38. The number of nitrogens with two attached hydrogens (primary N) is 1. The summed E-state index contributed by atoms with van der Waals surface area (Å²) in [4.78, 5) is 27.7. The number of carboxylic acid groups (broad SMARTS) is 1. The van der Waals surface area contributed by atoms with E-state index >= 15 is 0 Å². The highest BCUT2D eigenvalue weighted by molar-refractivity contribution is 7.20. The summed E-state index contributed by atoms with van der Waals surface area (Å²) in [5, 5.41) is 9.38. The summed E-state index contributed by atoms with van der Waals surface area (Å²) in [7, 11) is 0. The maximum Gasteiger partial charge on any atom is 0.337 e. The Morgan fingerprint density at radius 2 is 2.10 bits per heavy atom. The van der Waals surface area contributed by atoms with Gasteiger partial charge in [0.15, 0.2) is 0 Å². The SMILES string of the molecule is CC(C)C(C)(C(N)=O)c1sc2cc(C(=O)O)cnc2c1Cl. The molecule has 0 bridgehead atoms. The summed E-state index contributed by atoms with van der Waals surface area (Å²) < 4.78 is 0.628. The van der Waals surface area contributed by atoms with E-state index in [1.807, 2.05) is 13.8 Å². The first-order valence-corrected chi connectivity index (χ1v) is 7.50. The summed E-state index contributed by atoms with van der Waals surface area (Å²) in [6, 6.07) is 1.51. The minimum Gasteiger partial charge on any atom is -0.478 e. The van der Waals surface area contributed by atoms with Crippen LogP contribution in [0.4, 0.5) is 0 Å². The number of pyridine rings is 1. The molecular formula is C14H15ClN2O3S. The second kappa shape index (κ2) is 5.27. The zero-order valence-electron chi connectivity index (χ0n) is 11.8. The third-order valence-corrected chi connectivity index (χ3v) is 5.70. The van der Waals surface area contributed by atoms with E-state index in [0.29, 0.717) is 20.1 Å². The Hall–Kier alpha value is -1.66. The second-order valence-corrected chi connectivity index (χ2v) is 6.77. The van der Waals surface area contributed by atoms with Crippen LogP contribution >= 0.6 is 22.9 Å². The maximum atomic E-state index is 11.9. The van der Waals surface area contributed by atoms with E-state index in [1.54, 1.807) is 6.92 Å². The number of hydrogen-bond donors (Lipinski definition) is 2. The van der Waals surface area contributed by atoms with Gasteiger partial charge in [0.25, 0.3) is 0 Å². The Balaban J connectivity index is 2.73. The Bertz CT molecular complexity index is 741. The average molecular weight is 327 g/mol. The molecule has 2 aromatic rings. The number of primary amides is 1. The summed E-state index contributed by atoms with van der Waals surface area (Å²) in [5.41, 5.74) is 5.22. The van der Waals surface area contributed by atoms with Gasteiger partial charge in [0.2, 0.25) is 5.91 Å². The first-order valence-electron chi connectivity index (χ1n) is 6.31. The van der Waals surface area contributed by atoms with Gasteiger partial charge in [-0.1, -0.05) is 25.4 Å². The molecule has 0 saturated heterocycles. The molecule has 2 rings (SSSR count). The summed E-state index contributed by atoms with van der Waals surface area (Å²) in [6.45, 7) is 5.53. The van der Waals surface area contributed by atoms with Gasteiger partial charge in [0.1, 0.15) is 0 Å². The quantitative estimate of drug-likeness (QED) is 0.903. The van der Waals surface area contributed by atoms with Gasteiger partial charge in [-0.3, -0.25) is 9.78 Å². The normalized spacial score (nSPS) is 14.3. The van der Waals surface area contributed by atoms with Crippen LogP contribution in [0.1, 0.15) is 36.0 Å². The second-order valence-electron chi connectivity index (χ2n) is 5.34. The topological polar surface area (TPSA) is 93.3 Å². The Labute approximate surface area is 130 Å². The van der Waals surface area contributed by atoms with Crippen LogP contribution in [-0.2, 0) is 10.2 Å². The fourth-order valence-corrected chi connectivity index (χ4v) is 3.97. The van der Waals surface area contributed by atoms with Crippen LogP contribution in [0, 0.1) is 5.92 Å². The number of carboxylic acids is 1. The van der Waals surface area contributed by atoms with Crippen molar-refractivity contribution < 1.29 is 14.7 Å². The van der Waals surface area contributed by atoms with Gasteiger partial charge in [-0.05, 0) is 18.9 Å². The number of halogens is 1. The molecule has 7 heteroatoms. The Morgan fingerprint density at radius 3 is 2.57 bits per heavy atom. The number of carbonyl (C=O) groups excluding carboxylic acids is 1. The molecule has 3 N–H and O–H groups in total. The maximum absolute atomic E-state index is 11.9. The lowest BCUT2D eigenvalue weighted by Crippen LogP contribution is -2.42. The van der Waals surface area contributed by atoms with Gasteiger partial charge in [-0.25, -0.2) is 4.79 Å². The number of fused-ring (bicyclic) bond motifs is 1. The van der Waals surface area contributed by atoms with Crippen molar-refractivity contribution in [2.24, 2.45) is 11.7 Å². The van der Waals surface area contributed by atoms with E-state index in [0.717, 1.165) is 0 Å². The molecule has 0 radical (unpaired) electrons. The fraction of sp³-hybridized carbons (Fsp3) is 0.357. The predicted octanol–water partition coefficient (Wildman–Crippen LogP) is 3.05. The van der Waals surface area contributed by atoms with Crippen molar-refractivity contribution >= 4 is 45.0 Å². The van der Waals surface area contributed by atoms with Crippen molar-refractivity contribution in [1.29, 1.82) is 0 Å². The molecule has 0 saturated carbocycles. The van der Waals surface area contributed by atoms with Crippen molar-refractivity contribution in [3.8, 4) is 0 Å². The zero-order chi connectivity index (χ0) is 15.9. The highest BCUT2D eigenvalue weighted by atomic mass is 35.5. The van der Waals surface area contributed by atoms with Crippen LogP contribution in [0.15, 0.2) is 12.3 Å². The van der Waals surface area contributed by atoms with Crippen molar-refractivity contribution in [2.75, 3.05) is 0 Å². The third-order valence-electron chi connectivity index (χ3n) is 3.86. The van der Waals surface area contributed by atoms with Crippen LogP contribution in [0.2, 0.25) is 5.02 Å². The molecule has 2 aromatic heterocycles. The van der Waals surface area contributed by atoms with Crippen LogP contribution < -0.4 is 5.73 Å². The molecule has 112 valence electrons. The lowest BCUT2D eigenvalue weighted by atomic mass is 9.77. The molecule has 0 aromatic carbocycles. The highest BCUT2D eigenvalue weighted by Crippen LogP contribution is 2.44. The summed E-state index contributed by atoms with van der Waals surface area (Å²) in [6.07, 6.45) is 1.25. The molecule has 0 spiro atoms. The molecule has 0 aliphatic rings. The van der Waals surface area contributed by atoms with Crippen molar-refractivity contribution in [2.45, 2.75) is 26.2 Å². The van der Waals surface area contributed by atoms with Gasteiger partial charge < -0.3 is 10.8 Å². The standard InChI is InChI=1S/C14H15ClN2O3S/c1-6(2)14(3,13(16)20)11-9(15)10-8(21-11)4-7(5-17-10)12(18)19/h4-6H,1-3H3,(H2,16,20)(H,18,19). The van der Waals surface area contributed by atoms with Crippen molar-refractivity contribution in [3.63, 3.8) is 0 Å². The minimum atomic E-state index is -1.06. The number of carbonyl (C=O) groups is 2. The van der Waals surface area contributed by atoms with Crippen LogP contribution in [-0.4, -0.2) is 22.0 Å². The van der Waals surface area contributed by atoms with Crippen LogP contribution in [0.25, 0.3) is 10.2 Å². The Kier molecular flexibility index (Phi) is 3.95.